The highest BCUT2D eigenvalue weighted by Crippen LogP contribution is 2.32. The van der Waals surface area contributed by atoms with E-state index in [-0.39, 0.29) is 4.99 Å². The zero-order valence-corrected chi connectivity index (χ0v) is 12.4. The summed E-state index contributed by atoms with van der Waals surface area (Å²) in [7, 11) is 0. The Bertz CT molecular complexity index is 838. The first-order chi connectivity index (χ1) is 10.1. The molecule has 1 aromatic carbocycles. The normalized spacial score (nSPS) is 10.5. The molecule has 104 valence electrons. The molecular weight excluding hydrogens is 306 g/mol. The van der Waals surface area contributed by atoms with Crippen molar-refractivity contribution < 1.29 is 4.74 Å². The van der Waals surface area contributed by atoms with Crippen molar-refractivity contribution in [3.8, 4) is 11.5 Å². The van der Waals surface area contributed by atoms with E-state index in [2.05, 4.69) is 9.97 Å². The third kappa shape index (κ3) is 2.79. The van der Waals surface area contributed by atoms with E-state index in [9.17, 15) is 0 Å². The van der Waals surface area contributed by atoms with Crippen molar-refractivity contribution in [2.24, 2.45) is 5.73 Å². The molecule has 2 heterocycles. The molecule has 21 heavy (non-hydrogen) atoms. The average molecular weight is 316 g/mol. The Balaban J connectivity index is 2.18. The maximum atomic E-state index is 5.93. The van der Waals surface area contributed by atoms with Crippen LogP contribution in [0.5, 0.6) is 11.5 Å². The molecule has 0 saturated carbocycles. The third-order valence-corrected chi connectivity index (χ3v) is 3.32. The van der Waals surface area contributed by atoms with Gasteiger partial charge in [-0.05, 0) is 12.1 Å². The zero-order valence-electron chi connectivity index (χ0n) is 10.8. The van der Waals surface area contributed by atoms with E-state index in [1.54, 1.807) is 18.5 Å². The number of rotatable bonds is 3. The van der Waals surface area contributed by atoms with Crippen LogP contribution in [0.15, 0.2) is 48.9 Å². The predicted octanol–water partition coefficient (Wildman–Crippen LogP) is 3.71. The van der Waals surface area contributed by atoms with Crippen LogP contribution in [-0.2, 0) is 0 Å². The number of fused-ring (bicyclic) bond motifs is 1. The van der Waals surface area contributed by atoms with E-state index in [1.165, 1.54) is 6.20 Å². The molecule has 0 radical (unpaired) electrons. The lowest BCUT2D eigenvalue weighted by Gasteiger charge is -2.12. The molecule has 0 unspecified atom stereocenters. The number of ether oxygens (including phenoxy) is 1. The minimum Gasteiger partial charge on any atom is -0.454 e. The Morgan fingerprint density at radius 3 is 2.76 bits per heavy atom. The van der Waals surface area contributed by atoms with Gasteiger partial charge in [0.1, 0.15) is 16.5 Å². The Morgan fingerprint density at radius 1 is 1.19 bits per heavy atom. The first-order valence-corrected chi connectivity index (χ1v) is 6.90. The molecule has 0 aliphatic carbocycles. The molecule has 2 aromatic heterocycles. The van der Waals surface area contributed by atoms with Crippen LogP contribution < -0.4 is 10.5 Å². The molecule has 2 N–H and O–H groups in total. The number of benzene rings is 1. The van der Waals surface area contributed by atoms with Gasteiger partial charge in [-0.1, -0.05) is 36.0 Å². The van der Waals surface area contributed by atoms with E-state index >= 15 is 0 Å². The van der Waals surface area contributed by atoms with Gasteiger partial charge in [-0.2, -0.15) is 0 Å². The lowest BCUT2D eigenvalue weighted by atomic mass is 10.1. The average Bonchev–Trinajstić information content (AvgIpc) is 2.47. The summed E-state index contributed by atoms with van der Waals surface area (Å²) in [6.07, 6.45) is 4.72. The first kappa shape index (κ1) is 13.7. The van der Waals surface area contributed by atoms with Gasteiger partial charge in [0.15, 0.2) is 0 Å². The molecule has 0 amide bonds. The van der Waals surface area contributed by atoms with E-state index in [0.29, 0.717) is 22.1 Å². The summed E-state index contributed by atoms with van der Waals surface area (Å²) in [5, 5.41) is 1.31. The van der Waals surface area contributed by atoms with Crippen molar-refractivity contribution in [3.05, 3.63) is 59.5 Å². The van der Waals surface area contributed by atoms with Crippen LogP contribution in [0.2, 0.25) is 5.02 Å². The molecule has 3 aromatic rings. The summed E-state index contributed by atoms with van der Waals surface area (Å²) in [5.74, 6) is 1.06. The second-order valence-corrected chi connectivity index (χ2v) is 5.20. The number of hydrogen-bond acceptors (Lipinski definition) is 4. The van der Waals surface area contributed by atoms with E-state index in [1.807, 2.05) is 24.3 Å². The van der Waals surface area contributed by atoms with Crippen molar-refractivity contribution in [1.29, 1.82) is 0 Å². The molecule has 4 nitrogen and oxygen atoms in total. The fourth-order valence-corrected chi connectivity index (χ4v) is 2.28. The van der Waals surface area contributed by atoms with Crippen molar-refractivity contribution in [2.75, 3.05) is 0 Å². The van der Waals surface area contributed by atoms with E-state index < -0.39 is 0 Å². The number of halogens is 1. The van der Waals surface area contributed by atoms with E-state index in [4.69, 9.17) is 34.3 Å². The van der Waals surface area contributed by atoms with Crippen LogP contribution in [0.1, 0.15) is 5.56 Å². The first-order valence-electron chi connectivity index (χ1n) is 6.11. The second kappa shape index (κ2) is 5.63. The minimum atomic E-state index is 0.221. The Hall–Kier alpha value is -2.24. The summed E-state index contributed by atoms with van der Waals surface area (Å²) in [4.78, 5) is 8.55. The minimum absolute atomic E-state index is 0.221. The Labute approximate surface area is 131 Å². The summed E-state index contributed by atoms with van der Waals surface area (Å²) in [6, 6.07) is 9.27. The molecule has 6 heteroatoms. The maximum absolute atomic E-state index is 5.93. The van der Waals surface area contributed by atoms with E-state index in [0.717, 1.165) is 10.9 Å². The number of aromatic nitrogens is 2. The van der Waals surface area contributed by atoms with Gasteiger partial charge in [0.25, 0.3) is 0 Å². The quantitative estimate of drug-likeness (QED) is 0.747. The highest BCUT2D eigenvalue weighted by atomic mass is 35.5. The number of nitrogens with two attached hydrogens (primary N) is 1. The van der Waals surface area contributed by atoms with Gasteiger partial charge >= 0.3 is 0 Å². The van der Waals surface area contributed by atoms with Gasteiger partial charge in [0.2, 0.25) is 0 Å². The summed E-state index contributed by atoms with van der Waals surface area (Å²) < 4.78 is 5.91. The smallest absolute Gasteiger partial charge is 0.148 e. The molecular formula is C15H10ClN3OS. The SMILES string of the molecule is NC(=S)c1cnc2ccccc2c1Oc1cncc(Cl)c1. The molecule has 0 aliphatic heterocycles. The van der Waals surface area contributed by atoms with Crippen LogP contribution in [0.25, 0.3) is 10.9 Å². The Kier molecular flexibility index (Phi) is 3.68. The lowest BCUT2D eigenvalue weighted by molar-refractivity contribution is 0.484. The highest BCUT2D eigenvalue weighted by molar-refractivity contribution is 7.80. The monoisotopic (exact) mass is 315 g/mol. The summed E-state index contributed by atoms with van der Waals surface area (Å²) >= 11 is 11.0. The van der Waals surface area contributed by atoms with Gasteiger partial charge in [0.05, 0.1) is 22.3 Å². The number of para-hydroxylation sites is 1. The van der Waals surface area contributed by atoms with Crippen molar-refractivity contribution in [3.63, 3.8) is 0 Å². The molecule has 0 fully saturated rings. The lowest BCUT2D eigenvalue weighted by Crippen LogP contribution is -2.11. The topological polar surface area (TPSA) is 61.0 Å². The third-order valence-electron chi connectivity index (χ3n) is 2.89. The standard InChI is InChI=1S/C15H10ClN3OS/c16-9-5-10(7-18-6-9)20-14-11-3-1-2-4-13(11)19-8-12(14)15(17)21/h1-8H,(H2,17,21). The van der Waals surface area contributed by atoms with Gasteiger partial charge in [0, 0.05) is 23.8 Å². The molecule has 0 bridgehead atoms. The van der Waals surface area contributed by atoms with Crippen LogP contribution >= 0.6 is 23.8 Å². The Morgan fingerprint density at radius 2 is 2.00 bits per heavy atom. The number of pyridine rings is 2. The number of hydrogen-bond donors (Lipinski definition) is 1. The summed E-state index contributed by atoms with van der Waals surface area (Å²) in [6.45, 7) is 0. The molecule has 0 aliphatic rings. The fourth-order valence-electron chi connectivity index (χ4n) is 1.97. The maximum Gasteiger partial charge on any atom is 0.148 e. The van der Waals surface area contributed by atoms with Crippen LogP contribution in [0.3, 0.4) is 0 Å². The van der Waals surface area contributed by atoms with Crippen LogP contribution in [0, 0.1) is 0 Å². The molecule has 3 rings (SSSR count). The molecule has 0 saturated heterocycles. The largest absolute Gasteiger partial charge is 0.454 e. The van der Waals surface area contributed by atoms with Gasteiger partial charge < -0.3 is 10.5 Å². The molecule has 0 atom stereocenters. The predicted molar refractivity (Wildman–Crippen MR) is 87.0 cm³/mol. The van der Waals surface area contributed by atoms with Gasteiger partial charge in [-0.15, -0.1) is 0 Å². The second-order valence-electron chi connectivity index (χ2n) is 4.32. The van der Waals surface area contributed by atoms with Crippen molar-refractivity contribution in [1.82, 2.24) is 9.97 Å². The van der Waals surface area contributed by atoms with Crippen molar-refractivity contribution in [2.45, 2.75) is 0 Å². The van der Waals surface area contributed by atoms with Gasteiger partial charge in [-0.25, -0.2) is 0 Å². The highest BCUT2D eigenvalue weighted by Gasteiger charge is 2.13. The number of thiocarbonyl (C=S) groups is 1. The fraction of sp³-hybridized carbons (Fsp3) is 0. The number of nitrogens with zero attached hydrogens (tertiary/aromatic N) is 2. The molecule has 0 spiro atoms. The van der Waals surface area contributed by atoms with Crippen molar-refractivity contribution >= 4 is 39.7 Å². The van der Waals surface area contributed by atoms with Crippen LogP contribution in [0.4, 0.5) is 0 Å². The summed E-state index contributed by atoms with van der Waals surface area (Å²) in [5.41, 5.74) is 7.13. The van der Waals surface area contributed by atoms with Gasteiger partial charge in [-0.3, -0.25) is 9.97 Å². The van der Waals surface area contributed by atoms with Crippen LogP contribution in [-0.4, -0.2) is 15.0 Å². The zero-order chi connectivity index (χ0) is 14.8.